The van der Waals surface area contributed by atoms with Crippen LogP contribution < -0.4 is 4.74 Å². The molecule has 0 aliphatic carbocycles. The quantitative estimate of drug-likeness (QED) is 0.679. The predicted molar refractivity (Wildman–Crippen MR) is 110 cm³/mol. The Morgan fingerprint density at radius 2 is 1.90 bits per heavy atom. The van der Waals surface area contributed by atoms with Gasteiger partial charge in [-0.05, 0) is 30.7 Å². The van der Waals surface area contributed by atoms with E-state index in [1.807, 2.05) is 29.2 Å². The van der Waals surface area contributed by atoms with Gasteiger partial charge in [0, 0.05) is 48.4 Å². The molecule has 1 amide bonds. The first-order valence-corrected chi connectivity index (χ1v) is 9.87. The smallest absolute Gasteiger partial charge is 0.253 e. The van der Waals surface area contributed by atoms with Gasteiger partial charge in [-0.2, -0.15) is 5.10 Å². The highest BCUT2D eigenvalue weighted by atomic mass is 16.5. The third-order valence-corrected chi connectivity index (χ3v) is 5.16. The van der Waals surface area contributed by atoms with Crippen LogP contribution in [0.25, 0.3) is 11.0 Å². The second kappa shape index (κ2) is 7.73. The zero-order valence-electron chi connectivity index (χ0n) is 17.0. The molecular weight excluding hydrogens is 366 g/mol. The van der Waals surface area contributed by atoms with Crippen LogP contribution in [0.15, 0.2) is 42.7 Å². The average molecular weight is 391 g/mol. The highest BCUT2D eigenvalue weighted by molar-refractivity contribution is 5.97. The molecule has 1 aliphatic rings. The van der Waals surface area contributed by atoms with Gasteiger partial charge in [-0.3, -0.25) is 14.8 Å². The molecule has 0 saturated carbocycles. The molecule has 3 heterocycles. The van der Waals surface area contributed by atoms with E-state index >= 15 is 0 Å². The summed E-state index contributed by atoms with van der Waals surface area (Å²) in [4.78, 5) is 23.3. The maximum atomic E-state index is 12.9. The van der Waals surface area contributed by atoms with Crippen LogP contribution in [0, 0.1) is 5.92 Å². The van der Waals surface area contributed by atoms with Gasteiger partial charge in [0.1, 0.15) is 0 Å². The van der Waals surface area contributed by atoms with Gasteiger partial charge in [-0.15, -0.1) is 5.10 Å². The Hall–Kier alpha value is -3.09. The Kier molecular flexibility index (Phi) is 5.13. The van der Waals surface area contributed by atoms with Crippen LogP contribution in [-0.2, 0) is 5.41 Å². The van der Waals surface area contributed by atoms with E-state index in [1.54, 1.807) is 18.5 Å². The first kappa shape index (κ1) is 19.2. The topological polar surface area (TPSA) is 81.1 Å². The number of hydrogen-bond acceptors (Lipinski definition) is 6. The molecule has 0 spiro atoms. The fraction of sp³-hybridized carbons (Fsp3) is 0.409. The van der Waals surface area contributed by atoms with Gasteiger partial charge in [-0.25, -0.2) is 0 Å². The van der Waals surface area contributed by atoms with Crippen molar-refractivity contribution in [2.45, 2.75) is 32.6 Å². The summed E-state index contributed by atoms with van der Waals surface area (Å²) in [5, 5.41) is 8.42. The number of carbonyl (C=O) groups excluding carboxylic acids is 1. The zero-order chi connectivity index (χ0) is 20.4. The Morgan fingerprint density at radius 3 is 2.62 bits per heavy atom. The molecule has 2 aromatic heterocycles. The van der Waals surface area contributed by atoms with Gasteiger partial charge in [0.25, 0.3) is 5.91 Å². The molecule has 1 aliphatic heterocycles. The van der Waals surface area contributed by atoms with Crippen LogP contribution in [-0.4, -0.2) is 50.7 Å². The van der Waals surface area contributed by atoms with E-state index in [-0.39, 0.29) is 17.2 Å². The number of likely N-dealkylation sites (tertiary alicyclic amines) is 1. The Balaban J connectivity index is 1.34. The summed E-state index contributed by atoms with van der Waals surface area (Å²) in [6, 6.07) is 9.28. The van der Waals surface area contributed by atoms with Crippen LogP contribution >= 0.6 is 0 Å². The number of rotatable bonds is 4. The summed E-state index contributed by atoms with van der Waals surface area (Å²) >= 11 is 0. The van der Waals surface area contributed by atoms with Crippen LogP contribution in [0.5, 0.6) is 5.88 Å². The number of amides is 1. The molecule has 1 saturated heterocycles. The third-order valence-electron chi connectivity index (χ3n) is 5.16. The van der Waals surface area contributed by atoms with E-state index in [1.165, 1.54) is 0 Å². The number of fused-ring (bicyclic) bond motifs is 1. The average Bonchev–Trinajstić information content (AvgIpc) is 3.20. The number of hydrogen-bond donors (Lipinski definition) is 0. The van der Waals surface area contributed by atoms with E-state index in [0.29, 0.717) is 24.6 Å². The first-order chi connectivity index (χ1) is 13.9. The summed E-state index contributed by atoms with van der Waals surface area (Å²) in [6.45, 7) is 8.22. The lowest BCUT2D eigenvalue weighted by molar-refractivity contribution is 0.0783. The number of benzene rings is 1. The van der Waals surface area contributed by atoms with Crippen molar-refractivity contribution in [2.24, 2.45) is 5.92 Å². The molecule has 1 fully saturated rings. The van der Waals surface area contributed by atoms with Crippen molar-refractivity contribution in [2.75, 3.05) is 19.7 Å². The standard InChI is InChI=1S/C22H25N5O2/c1-22(2,3)19-6-7-20(26-25-19)29-14-15-8-11-27(13-15)21(28)16-4-5-17-18(12-16)24-10-9-23-17/h4-7,9-10,12,15H,8,11,13-14H2,1-3H3. The maximum Gasteiger partial charge on any atom is 0.253 e. The predicted octanol–water partition coefficient (Wildman–Crippen LogP) is 3.26. The van der Waals surface area contributed by atoms with Crippen LogP contribution in [0.4, 0.5) is 0 Å². The second-order valence-electron chi connectivity index (χ2n) is 8.48. The molecule has 0 bridgehead atoms. The Morgan fingerprint density at radius 1 is 1.10 bits per heavy atom. The normalized spacial score (nSPS) is 16.9. The van der Waals surface area contributed by atoms with Gasteiger partial charge < -0.3 is 9.64 Å². The molecule has 0 N–H and O–H groups in total. The van der Waals surface area contributed by atoms with Crippen molar-refractivity contribution in [3.8, 4) is 5.88 Å². The first-order valence-electron chi connectivity index (χ1n) is 9.87. The van der Waals surface area contributed by atoms with Crippen LogP contribution in [0.3, 0.4) is 0 Å². The van der Waals surface area contributed by atoms with E-state index in [2.05, 4.69) is 40.9 Å². The highest BCUT2D eigenvalue weighted by Crippen LogP contribution is 2.23. The molecule has 3 aromatic rings. The number of aromatic nitrogens is 4. The minimum atomic E-state index is -0.0355. The lowest BCUT2D eigenvalue weighted by atomic mass is 9.92. The second-order valence-corrected chi connectivity index (χ2v) is 8.48. The summed E-state index contributed by atoms with van der Waals surface area (Å²) in [6.07, 6.45) is 4.19. The SMILES string of the molecule is CC(C)(C)c1ccc(OCC2CCN(C(=O)c3ccc4nccnc4c3)C2)nn1. The zero-order valence-corrected chi connectivity index (χ0v) is 17.0. The fourth-order valence-corrected chi connectivity index (χ4v) is 3.43. The minimum absolute atomic E-state index is 0.0226. The van der Waals surface area contributed by atoms with Gasteiger partial charge in [-0.1, -0.05) is 20.8 Å². The van der Waals surface area contributed by atoms with E-state index in [4.69, 9.17) is 4.74 Å². The summed E-state index contributed by atoms with van der Waals surface area (Å²) < 4.78 is 5.82. The van der Waals surface area contributed by atoms with Gasteiger partial charge in [0.2, 0.25) is 5.88 Å². The summed E-state index contributed by atoms with van der Waals surface area (Å²) in [5.74, 6) is 0.827. The minimum Gasteiger partial charge on any atom is -0.476 e. The molecule has 7 nitrogen and oxygen atoms in total. The lowest BCUT2D eigenvalue weighted by Gasteiger charge is -2.18. The Bertz CT molecular complexity index is 1010. The number of ether oxygens (including phenoxy) is 1. The maximum absolute atomic E-state index is 12.9. The van der Waals surface area contributed by atoms with Gasteiger partial charge >= 0.3 is 0 Å². The fourth-order valence-electron chi connectivity index (χ4n) is 3.43. The lowest BCUT2D eigenvalue weighted by Crippen LogP contribution is -2.29. The van der Waals surface area contributed by atoms with E-state index < -0.39 is 0 Å². The molecule has 7 heteroatoms. The van der Waals surface area contributed by atoms with Crippen molar-refractivity contribution in [3.05, 3.63) is 54.0 Å². The van der Waals surface area contributed by atoms with Crippen LogP contribution in [0.1, 0.15) is 43.2 Å². The molecule has 0 radical (unpaired) electrons. The molecule has 150 valence electrons. The number of nitrogens with zero attached hydrogens (tertiary/aromatic N) is 5. The highest BCUT2D eigenvalue weighted by Gasteiger charge is 2.28. The monoisotopic (exact) mass is 391 g/mol. The van der Waals surface area contributed by atoms with Crippen molar-refractivity contribution in [3.63, 3.8) is 0 Å². The van der Waals surface area contributed by atoms with Crippen molar-refractivity contribution < 1.29 is 9.53 Å². The van der Waals surface area contributed by atoms with E-state index in [9.17, 15) is 4.79 Å². The summed E-state index contributed by atoms with van der Waals surface area (Å²) in [5.41, 5.74) is 3.06. The van der Waals surface area contributed by atoms with Gasteiger partial charge in [0.05, 0.1) is 23.3 Å². The third kappa shape index (κ3) is 4.34. The summed E-state index contributed by atoms with van der Waals surface area (Å²) in [7, 11) is 0. The molecule has 1 atom stereocenters. The molecule has 4 rings (SSSR count). The Labute approximate surface area is 170 Å². The van der Waals surface area contributed by atoms with Crippen molar-refractivity contribution >= 4 is 16.9 Å². The molecule has 1 aromatic carbocycles. The van der Waals surface area contributed by atoms with Crippen molar-refractivity contribution in [1.82, 2.24) is 25.1 Å². The van der Waals surface area contributed by atoms with E-state index in [0.717, 1.165) is 29.7 Å². The van der Waals surface area contributed by atoms with Crippen LogP contribution in [0.2, 0.25) is 0 Å². The van der Waals surface area contributed by atoms with Gasteiger partial charge in [0.15, 0.2) is 0 Å². The largest absolute Gasteiger partial charge is 0.476 e. The number of carbonyl (C=O) groups is 1. The molecule has 1 unspecified atom stereocenters. The molecular formula is C22H25N5O2. The van der Waals surface area contributed by atoms with Crippen molar-refractivity contribution in [1.29, 1.82) is 0 Å². The molecule has 29 heavy (non-hydrogen) atoms.